The molecule has 0 radical (unpaired) electrons. The molecule has 27 heavy (non-hydrogen) atoms. The zero-order valence-electron chi connectivity index (χ0n) is 15.1. The topological polar surface area (TPSA) is 62.3 Å². The summed E-state index contributed by atoms with van der Waals surface area (Å²) in [6, 6.07) is 9.75. The van der Waals surface area contributed by atoms with Crippen LogP contribution in [0.15, 0.2) is 39.5 Å². The van der Waals surface area contributed by atoms with Gasteiger partial charge in [0.25, 0.3) is 5.91 Å². The Labute approximate surface area is 174 Å². The minimum atomic E-state index is -0.275. The monoisotopic (exact) mass is 463 g/mol. The molecular formula is C19H18BrN3O2S2. The fraction of sp³-hybridized carbons (Fsp3) is 0.211. The molecule has 0 spiro atoms. The Kier molecular flexibility index (Phi) is 6.08. The highest BCUT2D eigenvalue weighted by molar-refractivity contribution is 9.11. The van der Waals surface area contributed by atoms with E-state index in [2.05, 4.69) is 39.2 Å². The summed E-state index contributed by atoms with van der Waals surface area (Å²) < 4.78 is 0.880. The second-order valence-corrected chi connectivity index (χ2v) is 9.49. The first kappa shape index (κ1) is 19.7. The van der Waals surface area contributed by atoms with Crippen LogP contribution < -0.4 is 5.32 Å². The van der Waals surface area contributed by atoms with Crippen molar-refractivity contribution in [1.29, 1.82) is 0 Å². The molecule has 0 bridgehead atoms. The molecule has 2 aromatic heterocycles. The molecule has 0 fully saturated rings. The van der Waals surface area contributed by atoms with E-state index in [1.165, 1.54) is 33.1 Å². The van der Waals surface area contributed by atoms with E-state index in [0.717, 1.165) is 20.6 Å². The van der Waals surface area contributed by atoms with Crippen LogP contribution in [0.2, 0.25) is 0 Å². The van der Waals surface area contributed by atoms with Gasteiger partial charge in [-0.2, -0.15) is 0 Å². The molecule has 0 atom stereocenters. The number of hydrogen-bond donors (Lipinski definition) is 1. The number of aromatic nitrogens is 1. The van der Waals surface area contributed by atoms with E-state index in [1.54, 1.807) is 13.1 Å². The number of nitrogens with one attached hydrogen (secondary N) is 1. The van der Waals surface area contributed by atoms with Gasteiger partial charge in [0.05, 0.1) is 20.9 Å². The molecule has 140 valence electrons. The van der Waals surface area contributed by atoms with E-state index in [9.17, 15) is 9.59 Å². The van der Waals surface area contributed by atoms with Crippen molar-refractivity contribution in [2.45, 2.75) is 13.8 Å². The minimum absolute atomic E-state index is 0.0349. The van der Waals surface area contributed by atoms with Gasteiger partial charge in [-0.25, -0.2) is 4.98 Å². The molecule has 0 saturated carbocycles. The summed E-state index contributed by atoms with van der Waals surface area (Å²) in [6.45, 7) is 4.06. The lowest BCUT2D eigenvalue weighted by atomic mass is 10.0. The highest BCUT2D eigenvalue weighted by atomic mass is 79.9. The van der Waals surface area contributed by atoms with Gasteiger partial charge in [-0.1, -0.05) is 23.8 Å². The first-order valence-corrected chi connectivity index (χ1v) is 10.7. The summed E-state index contributed by atoms with van der Waals surface area (Å²) in [7, 11) is 1.61. The number of thiophene rings is 1. The van der Waals surface area contributed by atoms with Crippen molar-refractivity contribution >= 4 is 55.5 Å². The Morgan fingerprint density at radius 1 is 1.22 bits per heavy atom. The zero-order valence-corrected chi connectivity index (χ0v) is 18.3. The minimum Gasteiger partial charge on any atom is -0.332 e. The number of rotatable bonds is 5. The van der Waals surface area contributed by atoms with Crippen LogP contribution in [0, 0.1) is 13.8 Å². The summed E-state index contributed by atoms with van der Waals surface area (Å²) in [5, 5.41) is 5.22. The number of hydrogen-bond acceptors (Lipinski definition) is 5. The molecule has 1 N–H and O–H groups in total. The van der Waals surface area contributed by atoms with Gasteiger partial charge in [0, 0.05) is 18.0 Å². The third kappa shape index (κ3) is 4.82. The molecule has 1 aromatic carbocycles. The number of amides is 2. The highest BCUT2D eigenvalue weighted by Crippen LogP contribution is 2.28. The van der Waals surface area contributed by atoms with Gasteiger partial charge in [-0.3, -0.25) is 9.59 Å². The smallest absolute Gasteiger partial charge is 0.264 e. The molecule has 3 rings (SSSR count). The summed E-state index contributed by atoms with van der Waals surface area (Å²) in [4.78, 5) is 31.1. The quantitative estimate of drug-likeness (QED) is 0.581. The number of aryl methyl sites for hydroxylation is 2. The van der Waals surface area contributed by atoms with E-state index in [4.69, 9.17) is 0 Å². The molecule has 8 heteroatoms. The maximum atomic E-state index is 12.3. The maximum absolute atomic E-state index is 12.3. The molecule has 0 aliphatic heterocycles. The Morgan fingerprint density at radius 3 is 2.67 bits per heavy atom. The summed E-state index contributed by atoms with van der Waals surface area (Å²) >= 11 is 6.05. The number of halogens is 1. The number of thiazole rings is 1. The third-order valence-electron chi connectivity index (χ3n) is 3.92. The van der Waals surface area contributed by atoms with Crippen molar-refractivity contribution in [1.82, 2.24) is 9.88 Å². The van der Waals surface area contributed by atoms with Crippen LogP contribution in [0.1, 0.15) is 20.8 Å². The molecule has 5 nitrogen and oxygen atoms in total. The van der Waals surface area contributed by atoms with Crippen LogP contribution in [0.4, 0.5) is 5.13 Å². The van der Waals surface area contributed by atoms with Crippen LogP contribution in [-0.4, -0.2) is 35.3 Å². The van der Waals surface area contributed by atoms with Crippen LogP contribution in [0.3, 0.4) is 0 Å². The number of carbonyl (C=O) groups excluding carboxylic acids is 2. The van der Waals surface area contributed by atoms with Gasteiger partial charge in [-0.15, -0.1) is 22.7 Å². The van der Waals surface area contributed by atoms with Gasteiger partial charge < -0.3 is 10.2 Å². The lowest BCUT2D eigenvalue weighted by Gasteiger charge is -2.15. The summed E-state index contributed by atoms with van der Waals surface area (Å²) in [6.07, 6.45) is 0. The van der Waals surface area contributed by atoms with Gasteiger partial charge in [0.1, 0.15) is 0 Å². The molecule has 3 aromatic rings. The predicted molar refractivity (Wildman–Crippen MR) is 115 cm³/mol. The number of likely N-dealkylation sites (N-methyl/N-ethyl adjacent to an activating group) is 1. The Hall–Kier alpha value is -2.03. The van der Waals surface area contributed by atoms with Crippen LogP contribution in [0.25, 0.3) is 11.3 Å². The third-order valence-corrected chi connectivity index (χ3v) is 6.29. The fourth-order valence-corrected chi connectivity index (χ4v) is 4.73. The molecular weight excluding hydrogens is 446 g/mol. The first-order valence-electron chi connectivity index (χ1n) is 8.17. The number of benzene rings is 1. The lowest BCUT2D eigenvalue weighted by Crippen LogP contribution is -2.34. The molecule has 0 saturated heterocycles. The molecule has 0 aliphatic carbocycles. The lowest BCUT2D eigenvalue weighted by molar-refractivity contribution is -0.116. The van der Waals surface area contributed by atoms with Crippen molar-refractivity contribution in [3.63, 3.8) is 0 Å². The summed E-state index contributed by atoms with van der Waals surface area (Å²) in [5.41, 5.74) is 4.23. The van der Waals surface area contributed by atoms with Crippen molar-refractivity contribution in [3.8, 4) is 11.3 Å². The average molecular weight is 464 g/mol. The standard InChI is InChI=1S/C19H18BrN3O2S2/c1-11-4-5-13(12(2)8-11)14-10-26-19(21-14)22-17(24)9-23(3)18(25)15-6-7-16(20)27-15/h4-8,10H,9H2,1-3H3,(H,21,22,24). The van der Waals surface area contributed by atoms with E-state index < -0.39 is 0 Å². The Bertz CT molecular complexity index is 997. The number of anilines is 1. The van der Waals surface area contributed by atoms with Crippen molar-refractivity contribution < 1.29 is 9.59 Å². The zero-order chi connectivity index (χ0) is 19.6. The van der Waals surface area contributed by atoms with Crippen LogP contribution in [-0.2, 0) is 4.79 Å². The van der Waals surface area contributed by atoms with E-state index in [-0.39, 0.29) is 18.4 Å². The number of carbonyl (C=O) groups is 2. The van der Waals surface area contributed by atoms with E-state index in [1.807, 2.05) is 30.5 Å². The molecule has 0 unspecified atom stereocenters. The predicted octanol–water partition coefficient (Wildman–Crippen LogP) is 4.96. The normalized spacial score (nSPS) is 10.7. The largest absolute Gasteiger partial charge is 0.332 e. The van der Waals surface area contributed by atoms with Gasteiger partial charge >= 0.3 is 0 Å². The summed E-state index contributed by atoms with van der Waals surface area (Å²) in [5.74, 6) is -0.459. The second-order valence-electron chi connectivity index (χ2n) is 6.17. The van der Waals surface area contributed by atoms with Crippen LogP contribution >= 0.6 is 38.6 Å². The Morgan fingerprint density at radius 2 is 2.00 bits per heavy atom. The average Bonchev–Trinajstić information content (AvgIpc) is 3.23. The van der Waals surface area contributed by atoms with Crippen molar-refractivity contribution in [3.05, 3.63) is 55.5 Å². The van der Waals surface area contributed by atoms with Gasteiger partial charge in [-0.05, 0) is 47.5 Å². The van der Waals surface area contributed by atoms with Gasteiger partial charge in [0.2, 0.25) is 5.91 Å². The SMILES string of the molecule is Cc1ccc(-c2csc(NC(=O)CN(C)C(=O)c3ccc(Br)s3)n2)c(C)c1. The van der Waals surface area contributed by atoms with Gasteiger partial charge in [0.15, 0.2) is 5.13 Å². The van der Waals surface area contributed by atoms with Crippen LogP contribution in [0.5, 0.6) is 0 Å². The molecule has 0 aliphatic rings. The Balaban J connectivity index is 1.63. The van der Waals surface area contributed by atoms with E-state index in [0.29, 0.717) is 10.0 Å². The number of nitrogens with zero attached hydrogens (tertiary/aromatic N) is 2. The fourth-order valence-electron chi connectivity index (χ4n) is 2.62. The van der Waals surface area contributed by atoms with Crippen molar-refractivity contribution in [2.24, 2.45) is 0 Å². The van der Waals surface area contributed by atoms with Crippen molar-refractivity contribution in [2.75, 3.05) is 18.9 Å². The first-order chi connectivity index (χ1) is 12.8. The molecule has 2 amide bonds. The molecule has 2 heterocycles. The maximum Gasteiger partial charge on any atom is 0.264 e. The highest BCUT2D eigenvalue weighted by Gasteiger charge is 2.17. The second kappa shape index (κ2) is 8.33. The van der Waals surface area contributed by atoms with E-state index >= 15 is 0 Å².